The summed E-state index contributed by atoms with van der Waals surface area (Å²) in [5, 5.41) is 11.6. The number of methoxy groups -OCH3 is 3. The first-order valence-corrected chi connectivity index (χ1v) is 5.90. The number of aliphatic carboxylic acids is 1. The van der Waals surface area contributed by atoms with Crippen molar-refractivity contribution in [1.29, 1.82) is 0 Å². The molecule has 0 amide bonds. The van der Waals surface area contributed by atoms with Crippen molar-refractivity contribution in [2.45, 2.75) is 6.04 Å². The van der Waals surface area contributed by atoms with Crippen molar-refractivity contribution in [2.75, 3.05) is 35.0 Å². The topological polar surface area (TPSA) is 86.3 Å². The molecule has 0 aliphatic heterocycles. The summed E-state index contributed by atoms with van der Waals surface area (Å²) in [6.45, 7) is -0.0233. The Morgan fingerprint density at radius 1 is 1.20 bits per heavy atom. The number of benzene rings is 1. The largest absolute Gasteiger partial charge is 0.493 e. The molecule has 1 unspecified atom stereocenters. The van der Waals surface area contributed by atoms with E-state index in [9.17, 15) is 4.79 Å². The molecule has 2 N–H and O–H groups in total. The molecule has 0 spiro atoms. The van der Waals surface area contributed by atoms with Gasteiger partial charge in [-0.3, -0.25) is 4.79 Å². The fraction of sp³-hybridized carbons (Fsp3) is 0.462. The van der Waals surface area contributed by atoms with E-state index in [2.05, 4.69) is 5.32 Å². The number of likely N-dealkylation sites (N-methyl/N-ethyl adjacent to an activating group) is 1. The molecule has 0 aromatic heterocycles. The Hall–Kier alpha value is -2.15. The monoisotopic (exact) mass is 285 g/mol. The molecular weight excluding hydrogens is 266 g/mol. The van der Waals surface area contributed by atoms with Gasteiger partial charge in [0, 0.05) is 12.1 Å². The van der Waals surface area contributed by atoms with Gasteiger partial charge in [-0.25, -0.2) is 0 Å². The molecule has 0 aliphatic rings. The number of carboxylic acid groups (broad SMARTS) is 1. The fourth-order valence-corrected chi connectivity index (χ4v) is 1.60. The minimum atomic E-state index is -0.986. The van der Waals surface area contributed by atoms with Crippen LogP contribution in [0.3, 0.4) is 0 Å². The summed E-state index contributed by atoms with van der Waals surface area (Å²) in [6, 6.07) is 2.42. The van der Waals surface area contributed by atoms with Crippen LogP contribution in [0.15, 0.2) is 12.1 Å². The van der Waals surface area contributed by atoms with Crippen molar-refractivity contribution in [3.8, 4) is 23.0 Å². The average molecular weight is 285 g/mol. The van der Waals surface area contributed by atoms with Crippen LogP contribution in [0.4, 0.5) is 0 Å². The van der Waals surface area contributed by atoms with Gasteiger partial charge >= 0.3 is 5.97 Å². The van der Waals surface area contributed by atoms with Gasteiger partial charge in [-0.1, -0.05) is 0 Å². The third-order valence-electron chi connectivity index (χ3n) is 2.70. The quantitative estimate of drug-likeness (QED) is 0.729. The van der Waals surface area contributed by atoms with E-state index < -0.39 is 12.0 Å². The average Bonchev–Trinajstić information content (AvgIpc) is 2.46. The van der Waals surface area contributed by atoms with Crippen LogP contribution in [0, 0.1) is 0 Å². The molecule has 0 saturated heterocycles. The number of carboxylic acids is 1. The van der Waals surface area contributed by atoms with E-state index in [-0.39, 0.29) is 6.61 Å². The van der Waals surface area contributed by atoms with E-state index in [4.69, 9.17) is 24.1 Å². The number of carbonyl (C=O) groups is 1. The van der Waals surface area contributed by atoms with Crippen molar-refractivity contribution in [3.63, 3.8) is 0 Å². The lowest BCUT2D eigenvalue weighted by Crippen LogP contribution is -2.39. The fourth-order valence-electron chi connectivity index (χ4n) is 1.60. The molecule has 7 heteroatoms. The third-order valence-corrected chi connectivity index (χ3v) is 2.70. The standard InChI is InChI=1S/C13H19NO6/c1-14-9(13(15)16)7-20-8-5-10(17-2)12(19-4)11(6-8)18-3/h5-6,9,14H,7H2,1-4H3,(H,15,16). The zero-order valence-corrected chi connectivity index (χ0v) is 11.9. The Bertz CT molecular complexity index is 437. The Labute approximate surface area is 117 Å². The maximum Gasteiger partial charge on any atom is 0.324 e. The number of rotatable bonds is 8. The van der Waals surface area contributed by atoms with Crippen LogP contribution in [0.2, 0.25) is 0 Å². The van der Waals surface area contributed by atoms with E-state index in [1.165, 1.54) is 21.3 Å². The molecule has 0 bridgehead atoms. The first-order chi connectivity index (χ1) is 9.57. The SMILES string of the molecule is CNC(COc1cc(OC)c(OC)c(OC)c1)C(=O)O. The molecular formula is C13H19NO6. The second-order valence-electron chi connectivity index (χ2n) is 3.85. The second-order valence-corrected chi connectivity index (χ2v) is 3.85. The van der Waals surface area contributed by atoms with Gasteiger partial charge in [-0.15, -0.1) is 0 Å². The number of ether oxygens (including phenoxy) is 4. The van der Waals surface area contributed by atoms with E-state index >= 15 is 0 Å². The summed E-state index contributed by atoms with van der Waals surface area (Å²) in [6.07, 6.45) is 0. The minimum Gasteiger partial charge on any atom is -0.493 e. The maximum absolute atomic E-state index is 10.9. The molecule has 0 heterocycles. The second kappa shape index (κ2) is 7.44. The van der Waals surface area contributed by atoms with Gasteiger partial charge in [-0.05, 0) is 7.05 Å². The lowest BCUT2D eigenvalue weighted by atomic mass is 10.2. The summed E-state index contributed by atoms with van der Waals surface area (Å²) in [7, 11) is 6.04. The van der Waals surface area contributed by atoms with Gasteiger partial charge in [0.2, 0.25) is 5.75 Å². The molecule has 20 heavy (non-hydrogen) atoms. The van der Waals surface area contributed by atoms with Crippen molar-refractivity contribution < 1.29 is 28.8 Å². The molecule has 112 valence electrons. The highest BCUT2D eigenvalue weighted by Crippen LogP contribution is 2.40. The Morgan fingerprint density at radius 3 is 2.10 bits per heavy atom. The van der Waals surface area contributed by atoms with Gasteiger partial charge in [0.25, 0.3) is 0 Å². The molecule has 1 aromatic carbocycles. The van der Waals surface area contributed by atoms with Crippen LogP contribution in [0.5, 0.6) is 23.0 Å². The number of hydrogen-bond donors (Lipinski definition) is 2. The molecule has 0 saturated carbocycles. The highest BCUT2D eigenvalue weighted by atomic mass is 16.5. The smallest absolute Gasteiger partial charge is 0.324 e. The zero-order chi connectivity index (χ0) is 15.1. The molecule has 1 rings (SSSR count). The maximum atomic E-state index is 10.9. The van der Waals surface area contributed by atoms with Gasteiger partial charge in [0.05, 0.1) is 21.3 Å². The van der Waals surface area contributed by atoms with Gasteiger partial charge < -0.3 is 29.4 Å². The Balaban J connectivity index is 2.93. The minimum absolute atomic E-state index is 0.0233. The molecule has 1 aromatic rings. The summed E-state index contributed by atoms with van der Waals surface area (Å²) in [5.74, 6) is 0.781. The highest BCUT2D eigenvalue weighted by Gasteiger charge is 2.18. The number of hydrogen-bond acceptors (Lipinski definition) is 6. The molecule has 0 radical (unpaired) electrons. The Morgan fingerprint density at radius 2 is 1.75 bits per heavy atom. The van der Waals surface area contributed by atoms with Crippen molar-refractivity contribution in [2.24, 2.45) is 0 Å². The van der Waals surface area contributed by atoms with E-state index in [0.29, 0.717) is 23.0 Å². The van der Waals surface area contributed by atoms with Crippen LogP contribution >= 0.6 is 0 Å². The molecule has 7 nitrogen and oxygen atoms in total. The first kappa shape index (κ1) is 15.9. The van der Waals surface area contributed by atoms with Crippen molar-refractivity contribution >= 4 is 5.97 Å². The predicted molar refractivity (Wildman–Crippen MR) is 72.1 cm³/mol. The normalized spacial score (nSPS) is 11.6. The van der Waals surface area contributed by atoms with Gasteiger partial charge in [0.15, 0.2) is 11.5 Å². The first-order valence-electron chi connectivity index (χ1n) is 5.90. The summed E-state index contributed by atoms with van der Waals surface area (Å²) in [4.78, 5) is 10.9. The van der Waals surface area contributed by atoms with Crippen LogP contribution in [0.25, 0.3) is 0 Å². The summed E-state index contributed by atoms with van der Waals surface area (Å²) < 4.78 is 21.0. The third kappa shape index (κ3) is 3.67. The number of nitrogens with one attached hydrogen (secondary N) is 1. The van der Waals surface area contributed by atoms with E-state index in [1.54, 1.807) is 19.2 Å². The molecule has 1 atom stereocenters. The van der Waals surface area contributed by atoms with Gasteiger partial charge in [0.1, 0.15) is 18.4 Å². The van der Waals surface area contributed by atoms with Gasteiger partial charge in [-0.2, -0.15) is 0 Å². The van der Waals surface area contributed by atoms with E-state index in [1.807, 2.05) is 0 Å². The molecule has 0 fully saturated rings. The van der Waals surface area contributed by atoms with Crippen LogP contribution in [0.1, 0.15) is 0 Å². The zero-order valence-electron chi connectivity index (χ0n) is 11.9. The molecule has 0 aliphatic carbocycles. The predicted octanol–water partition coefficient (Wildman–Crippen LogP) is 0.764. The van der Waals surface area contributed by atoms with Crippen molar-refractivity contribution in [1.82, 2.24) is 5.32 Å². The van der Waals surface area contributed by atoms with Crippen molar-refractivity contribution in [3.05, 3.63) is 12.1 Å². The van der Waals surface area contributed by atoms with Crippen LogP contribution in [-0.4, -0.2) is 52.1 Å². The summed E-state index contributed by atoms with van der Waals surface area (Å²) in [5.41, 5.74) is 0. The van der Waals surface area contributed by atoms with Crippen LogP contribution in [-0.2, 0) is 4.79 Å². The lowest BCUT2D eigenvalue weighted by molar-refractivity contribution is -0.140. The lowest BCUT2D eigenvalue weighted by Gasteiger charge is -2.16. The van der Waals surface area contributed by atoms with Crippen LogP contribution < -0.4 is 24.3 Å². The Kier molecular flexibility index (Phi) is 5.92. The highest BCUT2D eigenvalue weighted by molar-refractivity contribution is 5.73. The van der Waals surface area contributed by atoms with E-state index in [0.717, 1.165) is 0 Å². The summed E-state index contributed by atoms with van der Waals surface area (Å²) >= 11 is 0.